The van der Waals surface area contributed by atoms with Gasteiger partial charge in [0, 0.05) is 41.3 Å². The summed E-state index contributed by atoms with van der Waals surface area (Å²) in [5.74, 6) is 1.31. The standard InChI is InChI=1S/C22H20ClN3O3/c23-20-7-2-1-6-19(20)21-15-26(12-13-28-21)22(27)25-16-4-3-5-18(14-16)29-17-8-10-24-11-9-17/h1-11,14,21H,12-13,15H2,(H,25,27). The van der Waals surface area contributed by atoms with Crippen LogP contribution in [0.2, 0.25) is 5.02 Å². The van der Waals surface area contributed by atoms with E-state index in [1.165, 1.54) is 0 Å². The number of urea groups is 1. The molecule has 6 nitrogen and oxygen atoms in total. The van der Waals surface area contributed by atoms with Crippen molar-refractivity contribution < 1.29 is 14.3 Å². The number of rotatable bonds is 4. The van der Waals surface area contributed by atoms with E-state index in [1.807, 2.05) is 42.5 Å². The third kappa shape index (κ3) is 4.85. The summed E-state index contributed by atoms with van der Waals surface area (Å²) < 4.78 is 11.6. The van der Waals surface area contributed by atoms with Crippen LogP contribution >= 0.6 is 11.6 Å². The van der Waals surface area contributed by atoms with E-state index in [1.54, 1.807) is 35.5 Å². The lowest BCUT2D eigenvalue weighted by Gasteiger charge is -2.33. The zero-order valence-corrected chi connectivity index (χ0v) is 16.4. The Bertz CT molecular complexity index is 984. The Labute approximate surface area is 174 Å². The first kappa shape index (κ1) is 19.2. The molecule has 0 aliphatic carbocycles. The Morgan fingerprint density at radius 1 is 1.10 bits per heavy atom. The molecule has 1 aliphatic heterocycles. The van der Waals surface area contributed by atoms with E-state index in [9.17, 15) is 4.79 Å². The van der Waals surface area contributed by atoms with Gasteiger partial charge in [-0.2, -0.15) is 0 Å². The Morgan fingerprint density at radius 3 is 2.76 bits per heavy atom. The van der Waals surface area contributed by atoms with Crippen LogP contribution in [-0.4, -0.2) is 35.6 Å². The molecule has 1 atom stereocenters. The van der Waals surface area contributed by atoms with Crippen molar-refractivity contribution in [1.29, 1.82) is 0 Å². The number of hydrogen-bond donors (Lipinski definition) is 1. The molecule has 1 saturated heterocycles. The molecule has 0 spiro atoms. The smallest absolute Gasteiger partial charge is 0.322 e. The lowest BCUT2D eigenvalue weighted by molar-refractivity contribution is -0.0134. The van der Waals surface area contributed by atoms with E-state index >= 15 is 0 Å². The number of ether oxygens (including phenoxy) is 2. The van der Waals surface area contributed by atoms with E-state index in [0.29, 0.717) is 41.9 Å². The van der Waals surface area contributed by atoms with Crippen molar-refractivity contribution in [3.8, 4) is 11.5 Å². The van der Waals surface area contributed by atoms with Gasteiger partial charge in [0.1, 0.15) is 17.6 Å². The molecular formula is C22H20ClN3O3. The first-order valence-corrected chi connectivity index (χ1v) is 9.67. The number of aromatic nitrogens is 1. The van der Waals surface area contributed by atoms with Gasteiger partial charge in [-0.3, -0.25) is 4.98 Å². The fraction of sp³-hybridized carbons (Fsp3) is 0.182. The van der Waals surface area contributed by atoms with Gasteiger partial charge >= 0.3 is 6.03 Å². The second kappa shape index (κ2) is 8.94. The summed E-state index contributed by atoms with van der Waals surface area (Å²) in [5.41, 5.74) is 1.54. The number of nitrogens with one attached hydrogen (secondary N) is 1. The van der Waals surface area contributed by atoms with Crippen molar-refractivity contribution in [2.75, 3.05) is 25.0 Å². The summed E-state index contributed by atoms with van der Waals surface area (Å²) in [7, 11) is 0. The van der Waals surface area contributed by atoms with Gasteiger partial charge in [0.15, 0.2) is 0 Å². The minimum Gasteiger partial charge on any atom is -0.457 e. The third-order valence-electron chi connectivity index (χ3n) is 4.58. The summed E-state index contributed by atoms with van der Waals surface area (Å²) in [5, 5.41) is 3.57. The van der Waals surface area contributed by atoms with Gasteiger partial charge in [-0.25, -0.2) is 4.79 Å². The highest BCUT2D eigenvalue weighted by Crippen LogP contribution is 2.29. The zero-order valence-electron chi connectivity index (χ0n) is 15.6. The van der Waals surface area contributed by atoms with Gasteiger partial charge in [0.2, 0.25) is 0 Å². The molecule has 2 aromatic carbocycles. The fourth-order valence-corrected chi connectivity index (χ4v) is 3.40. The number of halogens is 1. The number of anilines is 1. The van der Waals surface area contributed by atoms with Crippen molar-refractivity contribution in [2.45, 2.75) is 6.10 Å². The molecule has 148 valence electrons. The highest BCUT2D eigenvalue weighted by molar-refractivity contribution is 6.31. The SMILES string of the molecule is O=C(Nc1cccc(Oc2ccncc2)c1)N1CCOC(c2ccccc2Cl)C1. The molecule has 2 amide bonds. The molecule has 4 rings (SSSR count). The molecule has 3 aromatic rings. The van der Waals surface area contributed by atoms with Crippen LogP contribution in [-0.2, 0) is 4.74 Å². The lowest BCUT2D eigenvalue weighted by Crippen LogP contribution is -2.44. The quantitative estimate of drug-likeness (QED) is 0.648. The molecule has 0 bridgehead atoms. The van der Waals surface area contributed by atoms with Gasteiger partial charge in [-0.1, -0.05) is 35.9 Å². The third-order valence-corrected chi connectivity index (χ3v) is 4.92. The second-order valence-electron chi connectivity index (χ2n) is 6.57. The zero-order chi connectivity index (χ0) is 20.1. The van der Waals surface area contributed by atoms with Crippen LogP contribution in [0.1, 0.15) is 11.7 Å². The summed E-state index contributed by atoms with van der Waals surface area (Å²) in [6.45, 7) is 1.40. The molecule has 2 heterocycles. The monoisotopic (exact) mass is 409 g/mol. The number of hydrogen-bond acceptors (Lipinski definition) is 4. The molecule has 7 heteroatoms. The van der Waals surface area contributed by atoms with Gasteiger partial charge < -0.3 is 19.7 Å². The minimum absolute atomic E-state index is 0.189. The topological polar surface area (TPSA) is 63.7 Å². The van der Waals surface area contributed by atoms with Gasteiger partial charge in [0.05, 0.1) is 13.2 Å². The van der Waals surface area contributed by atoms with Crippen molar-refractivity contribution in [3.05, 3.63) is 83.6 Å². The lowest BCUT2D eigenvalue weighted by atomic mass is 10.1. The Balaban J connectivity index is 1.41. The average molecular weight is 410 g/mol. The van der Waals surface area contributed by atoms with Crippen molar-refractivity contribution in [3.63, 3.8) is 0 Å². The Kier molecular flexibility index (Phi) is 5.93. The van der Waals surface area contributed by atoms with Gasteiger partial charge in [0.25, 0.3) is 0 Å². The molecule has 1 fully saturated rings. The van der Waals surface area contributed by atoms with Crippen LogP contribution in [0.25, 0.3) is 0 Å². The number of carbonyl (C=O) groups is 1. The first-order valence-electron chi connectivity index (χ1n) is 9.29. The van der Waals surface area contributed by atoms with Crippen molar-refractivity contribution in [1.82, 2.24) is 9.88 Å². The van der Waals surface area contributed by atoms with Gasteiger partial charge in [-0.15, -0.1) is 0 Å². The van der Waals surface area contributed by atoms with Crippen LogP contribution in [0.5, 0.6) is 11.5 Å². The van der Waals surface area contributed by atoms with E-state index in [2.05, 4.69) is 10.3 Å². The summed E-state index contributed by atoms with van der Waals surface area (Å²) in [6, 6.07) is 18.2. The van der Waals surface area contributed by atoms with Crippen molar-refractivity contribution in [2.24, 2.45) is 0 Å². The van der Waals surface area contributed by atoms with Crippen LogP contribution in [0, 0.1) is 0 Å². The van der Waals surface area contributed by atoms with Crippen molar-refractivity contribution >= 4 is 23.3 Å². The Hall–Kier alpha value is -3.09. The Morgan fingerprint density at radius 2 is 1.93 bits per heavy atom. The molecule has 0 radical (unpaired) electrons. The van der Waals surface area contributed by atoms with E-state index in [4.69, 9.17) is 21.1 Å². The number of carbonyl (C=O) groups excluding carboxylic acids is 1. The largest absolute Gasteiger partial charge is 0.457 e. The highest BCUT2D eigenvalue weighted by Gasteiger charge is 2.26. The molecule has 29 heavy (non-hydrogen) atoms. The number of benzene rings is 2. The highest BCUT2D eigenvalue weighted by atomic mass is 35.5. The average Bonchev–Trinajstić information content (AvgIpc) is 2.75. The number of pyridine rings is 1. The van der Waals surface area contributed by atoms with Crippen LogP contribution in [0.4, 0.5) is 10.5 Å². The molecular weight excluding hydrogens is 390 g/mol. The maximum absolute atomic E-state index is 12.8. The van der Waals surface area contributed by atoms with Crippen LogP contribution < -0.4 is 10.1 Å². The number of amides is 2. The first-order chi connectivity index (χ1) is 14.2. The predicted molar refractivity (Wildman–Crippen MR) is 111 cm³/mol. The number of nitrogens with zero attached hydrogens (tertiary/aromatic N) is 2. The molecule has 0 saturated carbocycles. The van der Waals surface area contributed by atoms with Crippen LogP contribution in [0.3, 0.4) is 0 Å². The second-order valence-corrected chi connectivity index (χ2v) is 6.98. The van der Waals surface area contributed by atoms with Gasteiger partial charge in [-0.05, 0) is 30.3 Å². The van der Waals surface area contributed by atoms with E-state index < -0.39 is 0 Å². The maximum atomic E-state index is 12.8. The summed E-state index contributed by atoms with van der Waals surface area (Å²) in [4.78, 5) is 18.5. The predicted octanol–water partition coefficient (Wildman–Crippen LogP) is 5.13. The fourth-order valence-electron chi connectivity index (χ4n) is 3.14. The molecule has 1 aliphatic rings. The summed E-state index contributed by atoms with van der Waals surface area (Å²) >= 11 is 6.28. The maximum Gasteiger partial charge on any atom is 0.322 e. The van der Waals surface area contributed by atoms with E-state index in [0.717, 1.165) is 5.56 Å². The molecule has 1 unspecified atom stereocenters. The van der Waals surface area contributed by atoms with E-state index in [-0.39, 0.29) is 12.1 Å². The normalized spacial score (nSPS) is 16.3. The van der Waals surface area contributed by atoms with Crippen LogP contribution in [0.15, 0.2) is 73.1 Å². The summed E-state index contributed by atoms with van der Waals surface area (Å²) in [6.07, 6.45) is 3.08. The molecule has 1 aromatic heterocycles. The number of morpholine rings is 1. The minimum atomic E-state index is -0.246. The molecule has 1 N–H and O–H groups in total.